The van der Waals surface area contributed by atoms with E-state index in [1.807, 2.05) is 81.4 Å². The summed E-state index contributed by atoms with van der Waals surface area (Å²) in [5.41, 5.74) is -0.132. The van der Waals surface area contributed by atoms with Crippen molar-refractivity contribution in [2.45, 2.75) is 82.3 Å². The van der Waals surface area contributed by atoms with Crippen LogP contribution in [-0.4, -0.2) is 86.6 Å². The first-order chi connectivity index (χ1) is 21.7. The SMILES string of the molecule is C=CCN(Cc1ccccc1)C(=O)[C@H]1[C@H]2C(=O)N([C@@H](CO)Cc3ccccc3)C(C(=O)N(CC=C)C(C)C)C23CC[C@]1(CC)O3. The Morgan fingerprint density at radius 3 is 2.18 bits per heavy atom. The van der Waals surface area contributed by atoms with Gasteiger partial charge in [0.2, 0.25) is 17.7 Å². The highest BCUT2D eigenvalue weighted by Crippen LogP contribution is 2.65. The molecule has 2 unspecified atom stereocenters. The Balaban J connectivity index is 1.61. The molecule has 0 radical (unpaired) electrons. The van der Waals surface area contributed by atoms with Crippen LogP contribution in [0.1, 0.15) is 51.2 Å². The molecule has 8 heteroatoms. The first-order valence-corrected chi connectivity index (χ1v) is 16.2. The molecule has 0 aromatic heterocycles. The first-order valence-electron chi connectivity index (χ1n) is 16.2. The van der Waals surface area contributed by atoms with Gasteiger partial charge >= 0.3 is 0 Å². The van der Waals surface area contributed by atoms with E-state index in [0.29, 0.717) is 45.3 Å². The van der Waals surface area contributed by atoms with Gasteiger partial charge in [-0.05, 0) is 50.7 Å². The molecule has 3 amide bonds. The van der Waals surface area contributed by atoms with Gasteiger partial charge < -0.3 is 24.5 Å². The summed E-state index contributed by atoms with van der Waals surface area (Å²) in [5.74, 6) is -2.31. The monoisotopic (exact) mass is 613 g/mol. The molecule has 3 heterocycles. The third-order valence-electron chi connectivity index (χ3n) is 10.1. The number of aliphatic hydroxyl groups excluding tert-OH is 1. The molecule has 2 aromatic carbocycles. The Morgan fingerprint density at radius 1 is 1.00 bits per heavy atom. The minimum atomic E-state index is -1.19. The molecule has 45 heavy (non-hydrogen) atoms. The highest BCUT2D eigenvalue weighted by molar-refractivity contribution is 5.99. The first kappa shape index (κ1) is 32.6. The van der Waals surface area contributed by atoms with Crippen LogP contribution in [0.25, 0.3) is 0 Å². The molecule has 8 nitrogen and oxygen atoms in total. The van der Waals surface area contributed by atoms with Crippen molar-refractivity contribution in [1.82, 2.24) is 14.7 Å². The Bertz CT molecular complexity index is 1400. The van der Waals surface area contributed by atoms with Gasteiger partial charge in [0, 0.05) is 25.7 Å². The fourth-order valence-corrected chi connectivity index (χ4v) is 8.08. The van der Waals surface area contributed by atoms with E-state index in [-0.39, 0.29) is 30.4 Å². The van der Waals surface area contributed by atoms with Gasteiger partial charge in [0.25, 0.3) is 0 Å². The number of aliphatic hydroxyl groups is 1. The summed E-state index contributed by atoms with van der Waals surface area (Å²) >= 11 is 0. The molecule has 0 aliphatic carbocycles. The average molecular weight is 614 g/mol. The van der Waals surface area contributed by atoms with E-state index in [1.165, 1.54) is 0 Å². The molecule has 1 N–H and O–H groups in total. The maximum Gasteiger partial charge on any atom is 0.248 e. The minimum absolute atomic E-state index is 0.158. The van der Waals surface area contributed by atoms with Gasteiger partial charge in [-0.1, -0.05) is 79.7 Å². The minimum Gasteiger partial charge on any atom is -0.394 e. The van der Waals surface area contributed by atoms with Gasteiger partial charge in [0.15, 0.2) is 0 Å². The number of carbonyl (C=O) groups excluding carboxylic acids is 3. The molecule has 2 bridgehead atoms. The zero-order valence-corrected chi connectivity index (χ0v) is 26.8. The third kappa shape index (κ3) is 5.63. The number of ether oxygens (including phenoxy) is 1. The molecule has 3 aliphatic heterocycles. The number of likely N-dealkylation sites (tertiary alicyclic amines) is 1. The summed E-state index contributed by atoms with van der Waals surface area (Å²) in [4.78, 5) is 49.3. The van der Waals surface area contributed by atoms with Crippen molar-refractivity contribution in [3.63, 3.8) is 0 Å². The summed E-state index contributed by atoms with van der Waals surface area (Å²) in [6, 6.07) is 17.6. The molecule has 1 spiro atoms. The molecule has 6 atom stereocenters. The molecule has 3 fully saturated rings. The Labute approximate surface area is 267 Å². The lowest BCUT2D eigenvalue weighted by atomic mass is 9.64. The van der Waals surface area contributed by atoms with E-state index in [4.69, 9.17) is 4.74 Å². The Hall–Kier alpha value is -3.75. The lowest BCUT2D eigenvalue weighted by Crippen LogP contribution is -2.60. The largest absolute Gasteiger partial charge is 0.394 e. The van der Waals surface area contributed by atoms with Crippen LogP contribution in [0, 0.1) is 11.8 Å². The van der Waals surface area contributed by atoms with E-state index >= 15 is 0 Å². The predicted octanol–water partition coefficient (Wildman–Crippen LogP) is 4.38. The van der Waals surface area contributed by atoms with Crippen molar-refractivity contribution >= 4 is 17.7 Å². The van der Waals surface area contributed by atoms with E-state index in [9.17, 15) is 19.5 Å². The molecular weight excluding hydrogens is 566 g/mol. The number of fused-ring (bicyclic) bond motifs is 1. The van der Waals surface area contributed by atoms with Crippen LogP contribution < -0.4 is 0 Å². The number of hydrogen-bond donors (Lipinski definition) is 1. The topological polar surface area (TPSA) is 90.4 Å². The zero-order valence-electron chi connectivity index (χ0n) is 26.8. The van der Waals surface area contributed by atoms with Crippen molar-refractivity contribution in [3.8, 4) is 0 Å². The van der Waals surface area contributed by atoms with Crippen LogP contribution in [-0.2, 0) is 32.1 Å². The smallest absolute Gasteiger partial charge is 0.248 e. The van der Waals surface area contributed by atoms with E-state index in [2.05, 4.69) is 13.2 Å². The second-order valence-electron chi connectivity index (χ2n) is 13.0. The lowest BCUT2D eigenvalue weighted by Gasteiger charge is -2.40. The normalized spacial score (nSPS) is 27.4. The molecule has 3 saturated heterocycles. The number of amides is 3. The molecule has 0 saturated carbocycles. The third-order valence-corrected chi connectivity index (χ3v) is 10.1. The standard InChI is InChI=1S/C37H47N3O5/c1-6-21-38(24-28-17-13-10-14-18-28)33(42)30-31-34(43)40(29(25-41)23-27-15-11-9-12-16-27)32(35(44)39(22-7-2)26(4)5)37(31)20-19-36(30,8-3)45-37/h6-7,9-18,26,29-32,41H,1-2,8,19-25H2,3-5H3/t29-,30-,31+,32?,36+,37?/m1/s1. The maximum absolute atomic E-state index is 14.9. The van der Waals surface area contributed by atoms with Crippen molar-refractivity contribution in [3.05, 3.63) is 97.1 Å². The van der Waals surface area contributed by atoms with Gasteiger partial charge in [0.1, 0.15) is 11.6 Å². The van der Waals surface area contributed by atoms with Crippen LogP contribution in [0.5, 0.6) is 0 Å². The van der Waals surface area contributed by atoms with Gasteiger partial charge in [0.05, 0.1) is 30.1 Å². The molecule has 240 valence electrons. The highest BCUT2D eigenvalue weighted by atomic mass is 16.5. The number of carbonyl (C=O) groups is 3. The van der Waals surface area contributed by atoms with Crippen molar-refractivity contribution in [2.24, 2.45) is 11.8 Å². The van der Waals surface area contributed by atoms with Crippen LogP contribution in [0.15, 0.2) is 86.0 Å². The molecule has 5 rings (SSSR count). The van der Waals surface area contributed by atoms with Crippen molar-refractivity contribution in [1.29, 1.82) is 0 Å². The summed E-state index contributed by atoms with van der Waals surface area (Å²) in [5, 5.41) is 10.8. The van der Waals surface area contributed by atoms with Gasteiger partial charge in [-0.3, -0.25) is 14.4 Å². The van der Waals surface area contributed by atoms with Gasteiger partial charge in [-0.25, -0.2) is 0 Å². The quantitative estimate of drug-likeness (QED) is 0.320. The van der Waals surface area contributed by atoms with Crippen molar-refractivity contribution in [2.75, 3.05) is 19.7 Å². The number of hydrogen-bond acceptors (Lipinski definition) is 5. The lowest BCUT2D eigenvalue weighted by molar-refractivity contribution is -0.158. The van der Waals surface area contributed by atoms with E-state index in [0.717, 1.165) is 11.1 Å². The van der Waals surface area contributed by atoms with E-state index in [1.54, 1.807) is 26.9 Å². The number of benzene rings is 2. The highest BCUT2D eigenvalue weighted by Gasteiger charge is 2.79. The maximum atomic E-state index is 14.9. The average Bonchev–Trinajstić information content (AvgIpc) is 3.66. The fourth-order valence-electron chi connectivity index (χ4n) is 8.08. The molecule has 3 aliphatic rings. The van der Waals surface area contributed by atoms with Gasteiger partial charge in [-0.2, -0.15) is 0 Å². The predicted molar refractivity (Wildman–Crippen MR) is 174 cm³/mol. The van der Waals surface area contributed by atoms with Gasteiger partial charge in [-0.15, -0.1) is 13.2 Å². The van der Waals surface area contributed by atoms with Crippen LogP contribution >= 0.6 is 0 Å². The van der Waals surface area contributed by atoms with Crippen LogP contribution in [0.4, 0.5) is 0 Å². The summed E-state index contributed by atoms with van der Waals surface area (Å²) in [7, 11) is 0. The molecule has 2 aromatic rings. The zero-order chi connectivity index (χ0) is 32.4. The summed E-state index contributed by atoms with van der Waals surface area (Å²) < 4.78 is 7.03. The number of rotatable bonds is 14. The molecular formula is C37H47N3O5. The number of nitrogens with zero attached hydrogens (tertiary/aromatic N) is 3. The Kier molecular flexibility index (Phi) is 9.65. The fraction of sp³-hybridized carbons (Fsp3) is 0.486. The van der Waals surface area contributed by atoms with Crippen LogP contribution in [0.3, 0.4) is 0 Å². The second-order valence-corrected chi connectivity index (χ2v) is 13.0. The van der Waals surface area contributed by atoms with Crippen LogP contribution in [0.2, 0.25) is 0 Å². The van der Waals surface area contributed by atoms with E-state index < -0.39 is 35.1 Å². The second kappa shape index (κ2) is 13.3. The summed E-state index contributed by atoms with van der Waals surface area (Å²) in [6.45, 7) is 14.3. The summed E-state index contributed by atoms with van der Waals surface area (Å²) in [6.07, 6.45) is 5.35. The Morgan fingerprint density at radius 2 is 1.62 bits per heavy atom. The van der Waals surface area contributed by atoms with Crippen molar-refractivity contribution < 1.29 is 24.2 Å².